The van der Waals surface area contributed by atoms with E-state index < -0.39 is 0 Å². The van der Waals surface area contributed by atoms with Gasteiger partial charge in [0.25, 0.3) is 0 Å². The molecule has 2 rings (SSSR count). The van der Waals surface area contributed by atoms with Crippen LogP contribution in [0.4, 0.5) is 5.69 Å². The molecule has 0 bridgehead atoms. The molecule has 1 fully saturated rings. The monoisotopic (exact) mass is 231 g/mol. The van der Waals surface area contributed by atoms with E-state index in [9.17, 15) is 0 Å². The molecule has 17 heavy (non-hydrogen) atoms. The highest BCUT2D eigenvalue weighted by molar-refractivity contribution is 5.48. The van der Waals surface area contributed by atoms with Crippen LogP contribution in [0.25, 0.3) is 0 Å². The van der Waals surface area contributed by atoms with E-state index in [-0.39, 0.29) is 0 Å². The number of hydrogen-bond donors (Lipinski definition) is 0. The molecule has 0 aliphatic carbocycles. The molecule has 0 atom stereocenters. The maximum atomic E-state index is 5.36. The predicted octanol–water partition coefficient (Wildman–Crippen LogP) is 3.03. The maximum absolute atomic E-state index is 5.36. The second-order valence-corrected chi connectivity index (χ2v) is 4.75. The lowest BCUT2D eigenvalue weighted by Gasteiger charge is -2.28. The fourth-order valence-corrected chi connectivity index (χ4v) is 1.99. The molecule has 0 aromatic heterocycles. The van der Waals surface area contributed by atoms with Crippen molar-refractivity contribution in [3.05, 3.63) is 41.5 Å². The molecule has 92 valence electrons. The average Bonchev–Trinajstić information content (AvgIpc) is 2.38. The molecule has 1 aliphatic rings. The van der Waals surface area contributed by atoms with E-state index >= 15 is 0 Å². The van der Waals surface area contributed by atoms with Gasteiger partial charge < -0.3 is 9.64 Å². The lowest BCUT2D eigenvalue weighted by Crippen LogP contribution is -2.36. The van der Waals surface area contributed by atoms with Crippen LogP contribution >= 0.6 is 0 Å². The van der Waals surface area contributed by atoms with Crippen LogP contribution in [0.3, 0.4) is 0 Å². The summed E-state index contributed by atoms with van der Waals surface area (Å²) in [7, 11) is 0. The number of anilines is 1. The number of allylic oxidation sites excluding steroid dienone is 2. The molecule has 1 saturated heterocycles. The highest BCUT2D eigenvalue weighted by Gasteiger charge is 2.10. The first-order chi connectivity index (χ1) is 8.25. The smallest absolute Gasteiger partial charge is 0.0642 e. The van der Waals surface area contributed by atoms with Crippen molar-refractivity contribution in [3.63, 3.8) is 0 Å². The van der Waals surface area contributed by atoms with Crippen molar-refractivity contribution < 1.29 is 4.74 Å². The van der Waals surface area contributed by atoms with E-state index in [4.69, 9.17) is 4.74 Å². The SMILES string of the molecule is CC(C)=CCc1ccc(N2CCOCC2)cc1. The number of benzene rings is 1. The van der Waals surface area contributed by atoms with Crippen molar-refractivity contribution in [2.75, 3.05) is 31.2 Å². The Morgan fingerprint density at radius 3 is 2.41 bits per heavy atom. The zero-order chi connectivity index (χ0) is 12.1. The Balaban J connectivity index is 1.99. The number of morpholine rings is 1. The Labute approximate surface area is 104 Å². The van der Waals surface area contributed by atoms with Crippen LogP contribution in [0.5, 0.6) is 0 Å². The summed E-state index contributed by atoms with van der Waals surface area (Å²) < 4.78 is 5.36. The molecular formula is C15H21NO. The van der Waals surface area contributed by atoms with Gasteiger partial charge in [0.1, 0.15) is 0 Å². The number of rotatable bonds is 3. The molecule has 0 spiro atoms. The van der Waals surface area contributed by atoms with E-state index in [1.807, 2.05) is 0 Å². The fraction of sp³-hybridized carbons (Fsp3) is 0.467. The van der Waals surface area contributed by atoms with Gasteiger partial charge in [-0.3, -0.25) is 0 Å². The molecule has 0 saturated carbocycles. The van der Waals surface area contributed by atoms with Gasteiger partial charge in [-0.2, -0.15) is 0 Å². The zero-order valence-electron chi connectivity index (χ0n) is 10.8. The Morgan fingerprint density at radius 2 is 1.82 bits per heavy atom. The summed E-state index contributed by atoms with van der Waals surface area (Å²) in [5, 5.41) is 0. The van der Waals surface area contributed by atoms with Crippen molar-refractivity contribution in [1.82, 2.24) is 0 Å². The van der Waals surface area contributed by atoms with Crippen molar-refractivity contribution in [1.29, 1.82) is 0 Å². The Hall–Kier alpha value is -1.28. The van der Waals surface area contributed by atoms with Crippen LogP contribution in [0.2, 0.25) is 0 Å². The van der Waals surface area contributed by atoms with E-state index in [0.29, 0.717) is 0 Å². The van der Waals surface area contributed by atoms with Crippen LogP contribution in [-0.2, 0) is 11.2 Å². The molecule has 1 heterocycles. The van der Waals surface area contributed by atoms with Gasteiger partial charge in [0.2, 0.25) is 0 Å². The first-order valence-corrected chi connectivity index (χ1v) is 6.31. The summed E-state index contributed by atoms with van der Waals surface area (Å²) in [6.07, 6.45) is 3.30. The van der Waals surface area contributed by atoms with Crippen LogP contribution in [0, 0.1) is 0 Å². The van der Waals surface area contributed by atoms with E-state index in [2.05, 4.69) is 49.1 Å². The molecule has 1 aliphatic heterocycles. The molecule has 2 heteroatoms. The number of ether oxygens (including phenoxy) is 1. The highest BCUT2D eigenvalue weighted by Crippen LogP contribution is 2.17. The molecule has 0 unspecified atom stereocenters. The first kappa shape index (κ1) is 12.2. The summed E-state index contributed by atoms with van der Waals surface area (Å²) in [4.78, 5) is 2.38. The molecule has 0 radical (unpaired) electrons. The lowest BCUT2D eigenvalue weighted by atomic mass is 10.1. The molecular weight excluding hydrogens is 210 g/mol. The Kier molecular flexibility index (Phi) is 4.21. The predicted molar refractivity (Wildman–Crippen MR) is 72.6 cm³/mol. The Bertz CT molecular complexity index is 370. The van der Waals surface area contributed by atoms with Gasteiger partial charge in [-0.15, -0.1) is 0 Å². The molecule has 1 aromatic rings. The third kappa shape index (κ3) is 3.60. The van der Waals surface area contributed by atoms with Gasteiger partial charge in [0.15, 0.2) is 0 Å². The number of nitrogens with zero attached hydrogens (tertiary/aromatic N) is 1. The zero-order valence-corrected chi connectivity index (χ0v) is 10.8. The third-order valence-electron chi connectivity index (χ3n) is 3.06. The molecule has 0 amide bonds. The van der Waals surface area contributed by atoms with E-state index in [1.54, 1.807) is 0 Å². The van der Waals surface area contributed by atoms with Crippen LogP contribution in [-0.4, -0.2) is 26.3 Å². The van der Waals surface area contributed by atoms with Crippen molar-refractivity contribution in [2.45, 2.75) is 20.3 Å². The van der Waals surface area contributed by atoms with Crippen molar-refractivity contribution >= 4 is 5.69 Å². The van der Waals surface area contributed by atoms with Crippen molar-refractivity contribution in [3.8, 4) is 0 Å². The second kappa shape index (κ2) is 5.87. The minimum Gasteiger partial charge on any atom is -0.378 e. The summed E-state index contributed by atoms with van der Waals surface area (Å²) >= 11 is 0. The van der Waals surface area contributed by atoms with Gasteiger partial charge in [-0.1, -0.05) is 23.8 Å². The van der Waals surface area contributed by atoms with Gasteiger partial charge >= 0.3 is 0 Å². The highest BCUT2D eigenvalue weighted by atomic mass is 16.5. The largest absolute Gasteiger partial charge is 0.378 e. The average molecular weight is 231 g/mol. The number of hydrogen-bond acceptors (Lipinski definition) is 2. The Morgan fingerprint density at radius 1 is 1.18 bits per heavy atom. The topological polar surface area (TPSA) is 12.5 Å². The first-order valence-electron chi connectivity index (χ1n) is 6.31. The molecule has 0 N–H and O–H groups in total. The van der Waals surface area contributed by atoms with Gasteiger partial charge in [0, 0.05) is 18.8 Å². The van der Waals surface area contributed by atoms with Crippen LogP contribution in [0.1, 0.15) is 19.4 Å². The normalized spacial score (nSPS) is 15.8. The summed E-state index contributed by atoms with van der Waals surface area (Å²) in [5.41, 5.74) is 4.07. The molecule has 1 aromatic carbocycles. The maximum Gasteiger partial charge on any atom is 0.0642 e. The molecule has 2 nitrogen and oxygen atoms in total. The van der Waals surface area contributed by atoms with Crippen LogP contribution in [0.15, 0.2) is 35.9 Å². The summed E-state index contributed by atoms with van der Waals surface area (Å²) in [6, 6.07) is 8.90. The quantitative estimate of drug-likeness (QED) is 0.741. The minimum atomic E-state index is 0.847. The summed E-state index contributed by atoms with van der Waals surface area (Å²) in [6.45, 7) is 7.99. The van der Waals surface area contributed by atoms with Crippen molar-refractivity contribution in [2.24, 2.45) is 0 Å². The van der Waals surface area contributed by atoms with E-state index in [0.717, 1.165) is 32.7 Å². The van der Waals surface area contributed by atoms with Gasteiger partial charge in [0.05, 0.1) is 13.2 Å². The second-order valence-electron chi connectivity index (χ2n) is 4.75. The fourth-order valence-electron chi connectivity index (χ4n) is 1.99. The third-order valence-corrected chi connectivity index (χ3v) is 3.06. The van der Waals surface area contributed by atoms with Crippen LogP contribution < -0.4 is 4.90 Å². The van der Waals surface area contributed by atoms with E-state index in [1.165, 1.54) is 16.8 Å². The summed E-state index contributed by atoms with van der Waals surface area (Å²) in [5.74, 6) is 0. The lowest BCUT2D eigenvalue weighted by molar-refractivity contribution is 0.122. The standard InChI is InChI=1S/C15H21NO/c1-13(2)3-4-14-5-7-15(8-6-14)16-9-11-17-12-10-16/h3,5-8H,4,9-12H2,1-2H3. The van der Waals surface area contributed by atoms with Gasteiger partial charge in [-0.25, -0.2) is 0 Å². The van der Waals surface area contributed by atoms with Gasteiger partial charge in [-0.05, 0) is 38.0 Å². The minimum absolute atomic E-state index is 0.847.